The molecule has 0 aromatic heterocycles. The van der Waals surface area contributed by atoms with Crippen molar-refractivity contribution < 1.29 is 13.2 Å². The number of amides is 1. The number of nitrogens with one attached hydrogen (secondary N) is 2. The summed E-state index contributed by atoms with van der Waals surface area (Å²) in [6.45, 7) is 1.82. The van der Waals surface area contributed by atoms with E-state index in [-0.39, 0.29) is 28.2 Å². The van der Waals surface area contributed by atoms with E-state index in [1.165, 1.54) is 18.9 Å². The molecule has 6 heteroatoms. The number of benzene rings is 1. The maximum absolute atomic E-state index is 12.6. The topological polar surface area (TPSA) is 75.3 Å². The molecule has 2 N–H and O–H groups in total. The van der Waals surface area contributed by atoms with Crippen LogP contribution in [-0.2, 0) is 9.84 Å². The van der Waals surface area contributed by atoms with Crippen LogP contribution in [0.2, 0.25) is 0 Å². The maximum atomic E-state index is 12.6. The lowest BCUT2D eigenvalue weighted by molar-refractivity contribution is 0.0920. The molecule has 2 aliphatic heterocycles. The number of piperidine rings is 1. The van der Waals surface area contributed by atoms with Crippen molar-refractivity contribution in [2.75, 3.05) is 5.75 Å². The first-order valence-electron chi connectivity index (χ1n) is 8.38. The molecule has 2 heterocycles. The van der Waals surface area contributed by atoms with E-state index in [1.807, 2.05) is 6.92 Å². The summed E-state index contributed by atoms with van der Waals surface area (Å²) in [4.78, 5) is 12.8. The van der Waals surface area contributed by atoms with Crippen LogP contribution in [0.25, 0.3) is 0 Å². The third kappa shape index (κ3) is 3.58. The molecule has 0 spiro atoms. The lowest BCUT2D eigenvalue weighted by atomic mass is 9.99. The van der Waals surface area contributed by atoms with Crippen molar-refractivity contribution in [3.63, 3.8) is 0 Å². The van der Waals surface area contributed by atoms with Gasteiger partial charge in [-0.2, -0.15) is 0 Å². The van der Waals surface area contributed by atoms with Crippen molar-refractivity contribution in [3.8, 4) is 0 Å². The normalized spacial score (nSPS) is 26.9. The van der Waals surface area contributed by atoms with E-state index in [1.54, 1.807) is 18.2 Å². The van der Waals surface area contributed by atoms with E-state index >= 15 is 0 Å². The summed E-state index contributed by atoms with van der Waals surface area (Å²) >= 11 is 0. The van der Waals surface area contributed by atoms with Crippen LogP contribution in [0.5, 0.6) is 0 Å². The SMILES string of the molecule is CCCS(=O)(=O)c1ccccc1C(=O)NC1CC2CCC(C1)N2. The Labute approximate surface area is 137 Å². The van der Waals surface area contributed by atoms with Crippen LogP contribution < -0.4 is 10.6 Å². The molecule has 2 atom stereocenters. The monoisotopic (exact) mass is 336 g/mol. The predicted octanol–water partition coefficient (Wildman–Crippen LogP) is 1.88. The summed E-state index contributed by atoms with van der Waals surface area (Å²) in [5.74, 6) is -0.207. The zero-order chi connectivity index (χ0) is 16.4. The first-order chi connectivity index (χ1) is 11.0. The van der Waals surface area contributed by atoms with Gasteiger partial charge >= 0.3 is 0 Å². The Hall–Kier alpha value is -1.40. The Morgan fingerprint density at radius 2 is 1.87 bits per heavy atom. The van der Waals surface area contributed by atoms with Crippen molar-refractivity contribution in [2.45, 2.75) is 62.0 Å². The van der Waals surface area contributed by atoms with Crippen LogP contribution in [0.1, 0.15) is 49.4 Å². The Morgan fingerprint density at radius 1 is 1.22 bits per heavy atom. The Morgan fingerprint density at radius 3 is 2.52 bits per heavy atom. The Bertz CT molecular complexity index is 675. The molecule has 1 amide bonds. The van der Waals surface area contributed by atoms with Crippen LogP contribution in [0.15, 0.2) is 29.2 Å². The summed E-state index contributed by atoms with van der Waals surface area (Å²) < 4.78 is 24.7. The van der Waals surface area contributed by atoms with Crippen LogP contribution in [-0.4, -0.2) is 38.2 Å². The van der Waals surface area contributed by atoms with Gasteiger partial charge in [0, 0.05) is 18.1 Å². The number of sulfone groups is 1. The van der Waals surface area contributed by atoms with Crippen LogP contribution in [0, 0.1) is 0 Å². The predicted molar refractivity (Wildman–Crippen MR) is 89.2 cm³/mol. The van der Waals surface area contributed by atoms with E-state index in [0.717, 1.165) is 12.8 Å². The lowest BCUT2D eigenvalue weighted by Crippen LogP contribution is -2.48. The molecule has 0 saturated carbocycles. The summed E-state index contributed by atoms with van der Waals surface area (Å²) in [7, 11) is -3.41. The molecule has 1 aromatic carbocycles. The second-order valence-electron chi connectivity index (χ2n) is 6.59. The highest BCUT2D eigenvalue weighted by Gasteiger charge is 2.34. The minimum atomic E-state index is -3.41. The number of carbonyl (C=O) groups is 1. The second-order valence-corrected chi connectivity index (χ2v) is 8.67. The number of fused-ring (bicyclic) bond motifs is 2. The average molecular weight is 336 g/mol. The molecule has 5 nitrogen and oxygen atoms in total. The van der Waals surface area contributed by atoms with E-state index < -0.39 is 9.84 Å². The molecule has 2 unspecified atom stereocenters. The molecule has 23 heavy (non-hydrogen) atoms. The van der Waals surface area contributed by atoms with Gasteiger partial charge in [0.25, 0.3) is 5.91 Å². The van der Waals surface area contributed by atoms with Crippen LogP contribution in [0.4, 0.5) is 0 Å². The fraction of sp³-hybridized carbons (Fsp3) is 0.588. The summed E-state index contributed by atoms with van der Waals surface area (Å²) in [6, 6.07) is 7.62. The van der Waals surface area contributed by atoms with Gasteiger partial charge in [-0.25, -0.2) is 8.42 Å². The van der Waals surface area contributed by atoms with E-state index in [0.29, 0.717) is 18.5 Å². The second kappa shape index (κ2) is 6.61. The van der Waals surface area contributed by atoms with E-state index in [4.69, 9.17) is 0 Å². The molecule has 0 aliphatic carbocycles. The van der Waals surface area contributed by atoms with Crippen molar-refractivity contribution >= 4 is 15.7 Å². The molecular weight excluding hydrogens is 312 g/mol. The molecular formula is C17H24N2O3S. The summed E-state index contributed by atoms with van der Waals surface area (Å²) in [5, 5.41) is 6.59. The lowest BCUT2D eigenvalue weighted by Gasteiger charge is -2.29. The van der Waals surface area contributed by atoms with Gasteiger partial charge in [0.1, 0.15) is 0 Å². The Kier molecular flexibility index (Phi) is 4.73. The number of hydrogen-bond acceptors (Lipinski definition) is 4. The van der Waals surface area contributed by atoms with Crippen LogP contribution in [0.3, 0.4) is 0 Å². The van der Waals surface area contributed by atoms with Gasteiger partial charge in [0.2, 0.25) is 0 Å². The third-order valence-electron chi connectivity index (χ3n) is 4.75. The summed E-state index contributed by atoms with van der Waals surface area (Å²) in [5.41, 5.74) is 0.270. The zero-order valence-electron chi connectivity index (χ0n) is 13.4. The summed E-state index contributed by atoms with van der Waals surface area (Å²) in [6.07, 6.45) is 4.71. The van der Waals surface area contributed by atoms with Gasteiger partial charge < -0.3 is 10.6 Å². The molecule has 2 bridgehead atoms. The Balaban J connectivity index is 1.77. The molecule has 2 saturated heterocycles. The van der Waals surface area contributed by atoms with Crippen molar-refractivity contribution in [3.05, 3.63) is 29.8 Å². The standard InChI is InChI=1S/C17H24N2O3S/c1-2-9-23(21,22)16-6-4-3-5-15(16)17(20)19-14-10-12-7-8-13(11-14)18-12/h3-6,12-14,18H,2,7-11H2,1H3,(H,19,20). The first-order valence-corrected chi connectivity index (χ1v) is 10.0. The van der Waals surface area contributed by atoms with Crippen LogP contribution >= 0.6 is 0 Å². The van der Waals surface area contributed by atoms with Crippen molar-refractivity contribution in [2.24, 2.45) is 0 Å². The molecule has 0 radical (unpaired) electrons. The smallest absolute Gasteiger partial charge is 0.252 e. The molecule has 2 fully saturated rings. The maximum Gasteiger partial charge on any atom is 0.252 e. The van der Waals surface area contributed by atoms with Crippen molar-refractivity contribution in [1.29, 1.82) is 0 Å². The van der Waals surface area contributed by atoms with Gasteiger partial charge in [-0.15, -0.1) is 0 Å². The zero-order valence-corrected chi connectivity index (χ0v) is 14.2. The third-order valence-corrected chi connectivity index (χ3v) is 6.72. The minimum absolute atomic E-state index is 0.0643. The quantitative estimate of drug-likeness (QED) is 0.861. The molecule has 1 aromatic rings. The van der Waals surface area contributed by atoms with Gasteiger partial charge in [-0.05, 0) is 44.2 Å². The first kappa shape index (κ1) is 16.5. The van der Waals surface area contributed by atoms with Gasteiger partial charge in [0.15, 0.2) is 9.84 Å². The molecule has 2 aliphatic rings. The number of carbonyl (C=O) groups excluding carboxylic acids is 1. The number of hydrogen-bond donors (Lipinski definition) is 2. The average Bonchev–Trinajstić information content (AvgIpc) is 2.86. The van der Waals surface area contributed by atoms with E-state index in [2.05, 4.69) is 10.6 Å². The van der Waals surface area contributed by atoms with Gasteiger partial charge in [-0.1, -0.05) is 19.1 Å². The fourth-order valence-electron chi connectivity index (χ4n) is 3.74. The van der Waals surface area contributed by atoms with Gasteiger partial charge in [-0.3, -0.25) is 4.79 Å². The highest BCUT2D eigenvalue weighted by Crippen LogP contribution is 2.27. The van der Waals surface area contributed by atoms with Crippen molar-refractivity contribution in [1.82, 2.24) is 10.6 Å². The largest absolute Gasteiger partial charge is 0.349 e. The van der Waals surface area contributed by atoms with E-state index in [9.17, 15) is 13.2 Å². The highest BCUT2D eigenvalue weighted by atomic mass is 32.2. The molecule has 3 rings (SSSR count). The highest BCUT2D eigenvalue weighted by molar-refractivity contribution is 7.91. The minimum Gasteiger partial charge on any atom is -0.349 e. The molecule has 126 valence electrons. The van der Waals surface area contributed by atoms with Gasteiger partial charge in [0.05, 0.1) is 16.2 Å². The number of rotatable bonds is 5. The fourth-order valence-corrected chi connectivity index (χ4v) is 5.28.